The van der Waals surface area contributed by atoms with Crippen molar-refractivity contribution in [1.82, 2.24) is 0 Å². The number of hydrogen-bond donors (Lipinski definition) is 2. The number of ketones is 1. The number of halogens is 4. The normalized spacial score (nSPS) is 16.8. The molecule has 0 radical (unpaired) electrons. The average molecular weight is 520 g/mol. The number of urea groups is 1. The van der Waals surface area contributed by atoms with Gasteiger partial charge in [-0.3, -0.25) is 4.79 Å². The van der Waals surface area contributed by atoms with Crippen LogP contribution in [0.3, 0.4) is 0 Å². The highest BCUT2D eigenvalue weighted by Gasteiger charge is 2.40. The Hall–Kier alpha value is -3.86. The topological polar surface area (TPSA) is 85.9 Å². The molecule has 2 amide bonds. The van der Waals surface area contributed by atoms with Crippen molar-refractivity contribution in [3.63, 3.8) is 0 Å². The number of allylic oxidation sites excluding steroid dienone is 4. The lowest BCUT2D eigenvalue weighted by Crippen LogP contribution is -2.51. The smallest absolute Gasteiger partial charge is 0.420 e. The maximum absolute atomic E-state index is 14.8. The fourth-order valence-electron chi connectivity index (χ4n) is 3.80. The van der Waals surface area contributed by atoms with Crippen LogP contribution in [0.4, 0.5) is 33.7 Å². The summed E-state index contributed by atoms with van der Waals surface area (Å²) in [5.41, 5.74) is -1.30. The molecule has 37 heavy (non-hydrogen) atoms. The SMILES string of the molecule is CCOC1=CC(c2ccc(NC(=O)Nc3ccc(OC4(C)COC4)c(C(F)(F)F)c3)cc2F)=CCC1=O. The van der Waals surface area contributed by atoms with E-state index in [0.717, 1.165) is 18.2 Å². The molecule has 0 atom stereocenters. The van der Waals surface area contributed by atoms with E-state index >= 15 is 0 Å². The number of carbonyl (C=O) groups excluding carboxylic acids is 2. The van der Waals surface area contributed by atoms with Gasteiger partial charge >= 0.3 is 12.2 Å². The molecule has 7 nitrogen and oxygen atoms in total. The third-order valence-electron chi connectivity index (χ3n) is 5.62. The maximum Gasteiger partial charge on any atom is 0.420 e. The minimum Gasteiger partial charge on any atom is -0.490 e. The van der Waals surface area contributed by atoms with Crippen LogP contribution in [0.15, 0.2) is 54.3 Å². The van der Waals surface area contributed by atoms with E-state index in [2.05, 4.69) is 10.6 Å². The third-order valence-corrected chi connectivity index (χ3v) is 5.62. The van der Waals surface area contributed by atoms with Gasteiger partial charge in [0.2, 0.25) is 5.78 Å². The number of alkyl halides is 3. The first-order chi connectivity index (χ1) is 17.5. The Bertz CT molecular complexity index is 1280. The second-order valence-electron chi connectivity index (χ2n) is 8.76. The summed E-state index contributed by atoms with van der Waals surface area (Å²) in [5.74, 6) is -1.10. The van der Waals surface area contributed by atoms with E-state index in [4.69, 9.17) is 14.2 Å². The fraction of sp³-hybridized carbons (Fsp3) is 0.308. The summed E-state index contributed by atoms with van der Waals surface area (Å²) in [6, 6.07) is 6.22. The highest BCUT2D eigenvalue weighted by atomic mass is 19.4. The van der Waals surface area contributed by atoms with Crippen molar-refractivity contribution >= 4 is 28.8 Å². The lowest BCUT2D eigenvalue weighted by Gasteiger charge is -2.38. The van der Waals surface area contributed by atoms with E-state index in [1.54, 1.807) is 19.9 Å². The molecule has 196 valence electrons. The molecule has 1 heterocycles. The molecule has 0 spiro atoms. The molecule has 11 heteroatoms. The van der Waals surface area contributed by atoms with Gasteiger partial charge in [0.25, 0.3) is 0 Å². The number of anilines is 2. The van der Waals surface area contributed by atoms with Crippen molar-refractivity contribution in [1.29, 1.82) is 0 Å². The summed E-state index contributed by atoms with van der Waals surface area (Å²) >= 11 is 0. The standard InChI is InChI=1S/C26H24F4N2O5/c1-3-36-23-10-15(4-8-21(23)33)18-7-5-17(12-20(18)27)32-24(34)31-16-6-9-22(19(11-16)26(28,29)30)37-25(2)13-35-14-25/h4-7,9-12H,3,8,13-14H2,1-2H3,(H2,31,32,34). The quantitative estimate of drug-likeness (QED) is 0.442. The molecule has 4 rings (SSSR count). The number of benzene rings is 2. The molecule has 0 saturated carbocycles. The Balaban J connectivity index is 1.46. The Labute approximate surface area is 210 Å². The molecule has 1 saturated heterocycles. The molecule has 2 aliphatic rings. The zero-order valence-electron chi connectivity index (χ0n) is 20.0. The van der Waals surface area contributed by atoms with Crippen LogP contribution in [-0.2, 0) is 20.4 Å². The number of rotatable bonds is 7. The Morgan fingerprint density at radius 2 is 1.78 bits per heavy atom. The van der Waals surface area contributed by atoms with E-state index in [1.807, 2.05) is 0 Å². The maximum atomic E-state index is 14.8. The van der Waals surface area contributed by atoms with E-state index < -0.39 is 29.2 Å². The minimum absolute atomic E-state index is 0.0692. The zero-order chi connectivity index (χ0) is 26.8. The van der Waals surface area contributed by atoms with Crippen molar-refractivity contribution in [2.24, 2.45) is 0 Å². The van der Waals surface area contributed by atoms with Gasteiger partial charge in [-0.1, -0.05) is 6.08 Å². The van der Waals surface area contributed by atoms with Crippen molar-refractivity contribution in [2.45, 2.75) is 32.0 Å². The second kappa shape index (κ2) is 10.3. The minimum atomic E-state index is -4.72. The first-order valence-electron chi connectivity index (χ1n) is 11.4. The lowest BCUT2D eigenvalue weighted by atomic mass is 9.97. The van der Waals surface area contributed by atoms with Gasteiger partial charge in [-0.25, -0.2) is 9.18 Å². The molecule has 1 aliphatic carbocycles. The number of nitrogens with one attached hydrogen (secondary N) is 2. The molecular formula is C26H24F4N2O5. The van der Waals surface area contributed by atoms with Crippen LogP contribution in [0.1, 0.15) is 31.4 Å². The number of Topliss-reactive ketones (excluding diaryl/α,β-unsaturated/α-hetero) is 1. The molecule has 0 unspecified atom stereocenters. The van der Waals surface area contributed by atoms with E-state index in [9.17, 15) is 27.2 Å². The van der Waals surface area contributed by atoms with Gasteiger partial charge in [-0.2, -0.15) is 13.2 Å². The van der Waals surface area contributed by atoms with Crippen molar-refractivity contribution in [3.05, 3.63) is 71.3 Å². The largest absolute Gasteiger partial charge is 0.490 e. The van der Waals surface area contributed by atoms with Crippen LogP contribution in [-0.4, -0.2) is 37.2 Å². The Morgan fingerprint density at radius 3 is 2.38 bits per heavy atom. The van der Waals surface area contributed by atoms with E-state index in [1.165, 1.54) is 24.3 Å². The summed E-state index contributed by atoms with van der Waals surface area (Å²) in [7, 11) is 0. The van der Waals surface area contributed by atoms with Crippen molar-refractivity contribution < 1.29 is 41.4 Å². The molecule has 0 bridgehead atoms. The van der Waals surface area contributed by atoms with Crippen LogP contribution in [0.2, 0.25) is 0 Å². The molecule has 2 N–H and O–H groups in total. The van der Waals surface area contributed by atoms with Crippen molar-refractivity contribution in [2.75, 3.05) is 30.5 Å². The number of amides is 2. The highest BCUT2D eigenvalue weighted by molar-refractivity contribution is 6.02. The predicted octanol–water partition coefficient (Wildman–Crippen LogP) is 5.93. The average Bonchev–Trinajstić information content (AvgIpc) is 2.80. The Morgan fingerprint density at radius 1 is 1.11 bits per heavy atom. The second-order valence-corrected chi connectivity index (χ2v) is 8.76. The Kier molecular flexibility index (Phi) is 7.26. The van der Waals surface area contributed by atoms with Crippen LogP contribution in [0.25, 0.3) is 5.57 Å². The number of ether oxygens (including phenoxy) is 3. The lowest BCUT2D eigenvalue weighted by molar-refractivity contribution is -0.160. The third kappa shape index (κ3) is 6.11. The number of hydrogen-bond acceptors (Lipinski definition) is 5. The zero-order valence-corrected chi connectivity index (χ0v) is 20.0. The molecule has 2 aromatic carbocycles. The first-order valence-corrected chi connectivity index (χ1v) is 11.4. The van der Waals surface area contributed by atoms with Gasteiger partial charge in [0, 0.05) is 23.4 Å². The summed E-state index contributed by atoms with van der Waals surface area (Å²) in [4.78, 5) is 24.3. The highest BCUT2D eigenvalue weighted by Crippen LogP contribution is 2.40. The van der Waals surface area contributed by atoms with Gasteiger partial charge < -0.3 is 24.8 Å². The predicted molar refractivity (Wildman–Crippen MR) is 128 cm³/mol. The van der Waals surface area contributed by atoms with Gasteiger partial charge in [0.05, 0.1) is 25.4 Å². The van der Waals surface area contributed by atoms with Crippen LogP contribution < -0.4 is 15.4 Å². The van der Waals surface area contributed by atoms with Gasteiger partial charge in [-0.15, -0.1) is 0 Å². The van der Waals surface area contributed by atoms with E-state index in [0.29, 0.717) is 12.2 Å². The van der Waals surface area contributed by atoms with Crippen LogP contribution in [0, 0.1) is 5.82 Å². The summed E-state index contributed by atoms with van der Waals surface area (Å²) in [6.07, 6.45) is -1.62. The summed E-state index contributed by atoms with van der Waals surface area (Å²) < 4.78 is 71.5. The number of carbonyl (C=O) groups is 2. The van der Waals surface area contributed by atoms with Crippen LogP contribution >= 0.6 is 0 Å². The molecule has 1 fully saturated rings. The van der Waals surface area contributed by atoms with Gasteiger partial charge in [0.1, 0.15) is 11.6 Å². The van der Waals surface area contributed by atoms with Gasteiger partial charge in [-0.05, 0) is 61.9 Å². The van der Waals surface area contributed by atoms with Crippen LogP contribution in [0.5, 0.6) is 5.75 Å². The molecule has 1 aliphatic heterocycles. The molecular weight excluding hydrogens is 496 g/mol. The van der Waals surface area contributed by atoms with E-state index in [-0.39, 0.29) is 53.9 Å². The monoisotopic (exact) mass is 520 g/mol. The fourth-order valence-corrected chi connectivity index (χ4v) is 3.80. The van der Waals surface area contributed by atoms with Gasteiger partial charge in [0.15, 0.2) is 11.4 Å². The summed E-state index contributed by atoms with van der Waals surface area (Å²) in [5, 5.41) is 4.71. The molecule has 0 aromatic heterocycles. The molecule has 2 aromatic rings. The van der Waals surface area contributed by atoms with Crippen molar-refractivity contribution in [3.8, 4) is 5.75 Å². The first kappa shape index (κ1) is 26.2. The summed E-state index contributed by atoms with van der Waals surface area (Å²) in [6.45, 7) is 4.00.